The molecule has 0 radical (unpaired) electrons. The van der Waals surface area contributed by atoms with Crippen LogP contribution in [0.2, 0.25) is 0 Å². The highest BCUT2D eigenvalue weighted by Gasteiger charge is 2.19. The van der Waals surface area contributed by atoms with Gasteiger partial charge >= 0.3 is 0 Å². The Morgan fingerprint density at radius 3 is 1.93 bits per heavy atom. The van der Waals surface area contributed by atoms with Gasteiger partial charge in [-0.1, -0.05) is 66.7 Å². The van der Waals surface area contributed by atoms with E-state index in [9.17, 15) is 8.42 Å². The van der Waals surface area contributed by atoms with Gasteiger partial charge < -0.3 is 0 Å². The highest BCUT2D eigenvalue weighted by Crippen LogP contribution is 2.26. The lowest BCUT2D eigenvalue weighted by Crippen LogP contribution is -2.15. The summed E-state index contributed by atoms with van der Waals surface area (Å²) >= 11 is 0. The second-order valence-corrected chi connectivity index (χ2v) is 7.63. The summed E-state index contributed by atoms with van der Waals surface area (Å²) in [6.07, 6.45) is 0. The van der Waals surface area contributed by atoms with Crippen molar-refractivity contribution < 1.29 is 8.42 Å². The van der Waals surface area contributed by atoms with Crippen molar-refractivity contribution in [3.63, 3.8) is 0 Å². The Kier molecular flexibility index (Phi) is 4.48. The van der Waals surface area contributed by atoms with Gasteiger partial charge in [-0.2, -0.15) is 5.10 Å². The SMILES string of the molecule is O=S(=O)(Nc1cc(-c2ccccc2)nn1-c1ccccc1)c1ccccc1. The number of aromatic nitrogens is 2. The van der Waals surface area contributed by atoms with Gasteiger partial charge in [-0.25, -0.2) is 13.1 Å². The number of benzene rings is 3. The summed E-state index contributed by atoms with van der Waals surface area (Å²) < 4.78 is 29.8. The molecule has 0 atom stereocenters. The number of hydrogen-bond donors (Lipinski definition) is 1. The molecule has 0 spiro atoms. The molecule has 134 valence electrons. The standard InChI is InChI=1S/C21H17N3O2S/c25-27(26,19-14-8-3-9-15-19)23-21-16-20(17-10-4-1-5-11-17)22-24(21)18-12-6-2-7-13-18/h1-16,23H. The fraction of sp³-hybridized carbons (Fsp3) is 0. The van der Waals surface area contributed by atoms with Crippen LogP contribution in [0, 0.1) is 0 Å². The summed E-state index contributed by atoms with van der Waals surface area (Å²) in [5.74, 6) is 0.379. The molecule has 1 heterocycles. The Morgan fingerprint density at radius 1 is 0.741 bits per heavy atom. The van der Waals surface area contributed by atoms with E-state index in [2.05, 4.69) is 9.82 Å². The lowest BCUT2D eigenvalue weighted by molar-refractivity contribution is 0.600. The average molecular weight is 375 g/mol. The summed E-state index contributed by atoms with van der Waals surface area (Å²) in [5, 5.41) is 4.62. The molecule has 0 saturated carbocycles. The smallest absolute Gasteiger partial charge is 0.263 e. The predicted octanol–water partition coefficient (Wildman–Crippen LogP) is 4.34. The van der Waals surface area contributed by atoms with Crippen LogP contribution >= 0.6 is 0 Å². The van der Waals surface area contributed by atoms with Crippen LogP contribution in [0.4, 0.5) is 5.82 Å². The van der Waals surface area contributed by atoms with Gasteiger partial charge in [-0.05, 0) is 24.3 Å². The molecule has 5 nitrogen and oxygen atoms in total. The summed E-state index contributed by atoms with van der Waals surface area (Å²) in [5.41, 5.74) is 2.36. The third-order valence-corrected chi connectivity index (χ3v) is 5.44. The fourth-order valence-corrected chi connectivity index (χ4v) is 3.82. The monoisotopic (exact) mass is 375 g/mol. The maximum Gasteiger partial charge on any atom is 0.263 e. The third-order valence-electron chi connectivity index (χ3n) is 4.07. The van der Waals surface area contributed by atoms with Crippen LogP contribution in [0.25, 0.3) is 16.9 Å². The zero-order valence-corrected chi connectivity index (χ0v) is 15.2. The van der Waals surface area contributed by atoms with Crippen LogP contribution in [0.15, 0.2) is 102 Å². The molecule has 6 heteroatoms. The van der Waals surface area contributed by atoms with E-state index < -0.39 is 10.0 Å². The lowest BCUT2D eigenvalue weighted by Gasteiger charge is -2.10. The van der Waals surface area contributed by atoms with E-state index >= 15 is 0 Å². The minimum atomic E-state index is -3.72. The van der Waals surface area contributed by atoms with Crippen LogP contribution in [0.1, 0.15) is 0 Å². The first-order valence-corrected chi connectivity index (χ1v) is 9.90. The molecule has 0 aliphatic heterocycles. The minimum Gasteiger partial charge on any atom is -0.263 e. The Bertz CT molecular complexity index is 1140. The summed E-state index contributed by atoms with van der Waals surface area (Å²) in [7, 11) is -3.72. The van der Waals surface area contributed by atoms with Crippen LogP contribution in [0.5, 0.6) is 0 Å². The van der Waals surface area contributed by atoms with Gasteiger partial charge in [0.05, 0.1) is 16.3 Å². The molecule has 0 bridgehead atoms. The quantitative estimate of drug-likeness (QED) is 0.564. The zero-order chi connectivity index (χ0) is 18.7. The molecule has 3 aromatic carbocycles. The molecular weight excluding hydrogens is 358 g/mol. The van der Waals surface area contributed by atoms with Crippen molar-refractivity contribution in [2.24, 2.45) is 0 Å². The van der Waals surface area contributed by atoms with Crippen LogP contribution < -0.4 is 4.72 Å². The normalized spacial score (nSPS) is 11.3. The van der Waals surface area contributed by atoms with E-state index in [1.54, 1.807) is 41.1 Å². The summed E-state index contributed by atoms with van der Waals surface area (Å²) in [6.45, 7) is 0. The van der Waals surface area contributed by atoms with Crippen LogP contribution in [0.3, 0.4) is 0 Å². The number of nitrogens with one attached hydrogen (secondary N) is 1. The molecule has 0 amide bonds. The van der Waals surface area contributed by atoms with E-state index in [1.165, 1.54) is 0 Å². The average Bonchev–Trinajstić information content (AvgIpc) is 3.13. The molecular formula is C21H17N3O2S. The Labute approximate surface area is 158 Å². The lowest BCUT2D eigenvalue weighted by atomic mass is 10.2. The molecule has 0 saturated heterocycles. The number of nitrogens with zero attached hydrogens (tertiary/aromatic N) is 2. The topological polar surface area (TPSA) is 64.0 Å². The Morgan fingerprint density at radius 2 is 1.30 bits per heavy atom. The number of hydrogen-bond acceptors (Lipinski definition) is 3. The van der Waals surface area contributed by atoms with Crippen LogP contribution in [-0.4, -0.2) is 18.2 Å². The number of sulfonamides is 1. The Balaban J connectivity index is 1.80. The van der Waals surface area contributed by atoms with Crippen molar-refractivity contribution in [2.45, 2.75) is 4.90 Å². The molecule has 27 heavy (non-hydrogen) atoms. The molecule has 0 aliphatic carbocycles. The first-order valence-electron chi connectivity index (χ1n) is 8.42. The minimum absolute atomic E-state index is 0.201. The van der Waals surface area contributed by atoms with E-state index in [4.69, 9.17) is 0 Å². The van der Waals surface area contributed by atoms with Crippen molar-refractivity contribution in [3.05, 3.63) is 97.1 Å². The van der Waals surface area contributed by atoms with Gasteiger partial charge in [-0.15, -0.1) is 0 Å². The maximum atomic E-state index is 12.8. The van der Waals surface area contributed by atoms with Gasteiger partial charge in [0, 0.05) is 11.6 Å². The second kappa shape index (κ2) is 7.09. The van der Waals surface area contributed by atoms with Gasteiger partial charge in [0.25, 0.3) is 10.0 Å². The molecule has 0 fully saturated rings. The van der Waals surface area contributed by atoms with Crippen LogP contribution in [-0.2, 0) is 10.0 Å². The van der Waals surface area contributed by atoms with Crippen molar-refractivity contribution >= 4 is 15.8 Å². The summed E-state index contributed by atoms with van der Waals surface area (Å²) in [6, 6.07) is 29.1. The summed E-state index contributed by atoms with van der Waals surface area (Å²) in [4.78, 5) is 0.201. The van der Waals surface area contributed by atoms with E-state index in [0.717, 1.165) is 11.3 Å². The second-order valence-electron chi connectivity index (χ2n) is 5.95. The molecule has 0 aliphatic rings. The van der Waals surface area contributed by atoms with E-state index in [1.807, 2.05) is 60.7 Å². The first kappa shape index (κ1) is 17.1. The fourth-order valence-electron chi connectivity index (χ4n) is 2.77. The van der Waals surface area contributed by atoms with E-state index in [-0.39, 0.29) is 4.90 Å². The van der Waals surface area contributed by atoms with Gasteiger partial charge in [0.15, 0.2) is 0 Å². The zero-order valence-electron chi connectivity index (χ0n) is 14.4. The molecule has 1 aromatic heterocycles. The van der Waals surface area contributed by atoms with Crippen molar-refractivity contribution in [2.75, 3.05) is 4.72 Å². The van der Waals surface area contributed by atoms with Gasteiger partial charge in [0.2, 0.25) is 0 Å². The molecule has 1 N–H and O–H groups in total. The number of anilines is 1. The van der Waals surface area contributed by atoms with Gasteiger partial charge in [-0.3, -0.25) is 4.72 Å². The third kappa shape index (κ3) is 3.61. The molecule has 0 unspecified atom stereocenters. The molecule has 4 aromatic rings. The van der Waals surface area contributed by atoms with Gasteiger partial charge in [0.1, 0.15) is 5.82 Å². The number of para-hydroxylation sites is 1. The van der Waals surface area contributed by atoms with E-state index in [0.29, 0.717) is 11.5 Å². The highest BCUT2D eigenvalue weighted by molar-refractivity contribution is 7.92. The molecule has 4 rings (SSSR count). The maximum absolute atomic E-state index is 12.8. The van der Waals surface area contributed by atoms with Crippen molar-refractivity contribution in [3.8, 4) is 16.9 Å². The first-order chi connectivity index (χ1) is 13.1. The highest BCUT2D eigenvalue weighted by atomic mass is 32.2. The Hall–Kier alpha value is -3.38. The van der Waals surface area contributed by atoms with Crippen molar-refractivity contribution in [1.82, 2.24) is 9.78 Å². The largest absolute Gasteiger partial charge is 0.263 e. The van der Waals surface area contributed by atoms with Crippen molar-refractivity contribution in [1.29, 1.82) is 0 Å². The number of rotatable bonds is 5. The predicted molar refractivity (Wildman–Crippen MR) is 106 cm³/mol.